The molecular formula is C22H25F3N4O3. The van der Waals surface area contributed by atoms with Gasteiger partial charge in [0.1, 0.15) is 11.4 Å². The average Bonchev–Trinajstić information content (AvgIpc) is 3.29. The number of esters is 1. The topological polar surface area (TPSA) is 69.5 Å². The molecule has 2 fully saturated rings. The number of halogens is 3. The smallest absolute Gasteiger partial charge is 0.394 e. The van der Waals surface area contributed by atoms with Gasteiger partial charge < -0.3 is 14.4 Å². The van der Waals surface area contributed by atoms with Crippen molar-refractivity contribution in [3.63, 3.8) is 0 Å². The fraction of sp³-hybridized carbons (Fsp3) is 0.591. The van der Waals surface area contributed by atoms with Crippen LogP contribution in [0, 0.1) is 11.3 Å². The number of rotatable bonds is 5. The first kappa shape index (κ1) is 21.1. The Morgan fingerprint density at radius 3 is 2.69 bits per heavy atom. The second-order valence-corrected chi connectivity index (χ2v) is 9.68. The van der Waals surface area contributed by atoms with Gasteiger partial charge in [0.05, 0.1) is 12.0 Å². The summed E-state index contributed by atoms with van der Waals surface area (Å²) in [6.07, 6.45) is -1.83. The third kappa shape index (κ3) is 3.31. The summed E-state index contributed by atoms with van der Waals surface area (Å²) in [6, 6.07) is 4.91. The Bertz CT molecular complexity index is 1060. The number of pyridine rings is 1. The SMILES string of the molecule is C[C@H]1CC(C)(C)N2c3nc(-n4ccc(OCCC5(C(F)(F)F)CC5)n4)ccc3C(=O)OC12. The van der Waals surface area contributed by atoms with Gasteiger partial charge in [-0.25, -0.2) is 14.5 Å². The third-order valence-electron chi connectivity index (χ3n) is 6.84. The van der Waals surface area contributed by atoms with E-state index in [1.54, 1.807) is 24.4 Å². The summed E-state index contributed by atoms with van der Waals surface area (Å²) in [5, 5.41) is 4.30. The minimum atomic E-state index is -4.19. The number of ether oxygens (including phenoxy) is 2. The van der Waals surface area contributed by atoms with Crippen LogP contribution < -0.4 is 9.64 Å². The van der Waals surface area contributed by atoms with Crippen molar-refractivity contribution in [1.82, 2.24) is 14.8 Å². The van der Waals surface area contributed by atoms with Gasteiger partial charge >= 0.3 is 12.1 Å². The number of fused-ring (bicyclic) bond motifs is 3. The maximum atomic E-state index is 13.1. The first-order chi connectivity index (χ1) is 15.0. The van der Waals surface area contributed by atoms with Gasteiger partial charge in [0.15, 0.2) is 12.0 Å². The lowest BCUT2D eigenvalue weighted by Crippen LogP contribution is -2.49. The Labute approximate surface area is 183 Å². The van der Waals surface area contributed by atoms with E-state index in [1.165, 1.54) is 4.68 Å². The summed E-state index contributed by atoms with van der Waals surface area (Å²) in [4.78, 5) is 19.2. The second kappa shape index (κ2) is 6.86. The molecule has 2 aromatic rings. The van der Waals surface area contributed by atoms with E-state index in [0.717, 1.165) is 6.42 Å². The summed E-state index contributed by atoms with van der Waals surface area (Å²) in [5.74, 6) is 1.04. The number of hydrogen-bond donors (Lipinski definition) is 0. The number of aromatic nitrogens is 3. The molecule has 0 N–H and O–H groups in total. The highest BCUT2D eigenvalue weighted by molar-refractivity contribution is 5.97. The standard InChI is InChI=1S/C22H25F3N4O3/c1-13-12-20(2,3)29-17-14(19(30)32-18(13)29)4-5-15(26-17)28-10-6-16(27-28)31-11-9-21(7-8-21)22(23,24)25/h4-6,10,13,18H,7-9,11-12H2,1-3H3/t13-,18?/m0/s1. The fourth-order valence-corrected chi connectivity index (χ4v) is 4.93. The van der Waals surface area contributed by atoms with Crippen LogP contribution in [0.5, 0.6) is 5.88 Å². The molecule has 0 spiro atoms. The molecule has 10 heteroatoms. The van der Waals surface area contributed by atoms with E-state index in [9.17, 15) is 18.0 Å². The molecule has 0 radical (unpaired) electrons. The van der Waals surface area contributed by atoms with E-state index in [1.807, 2.05) is 4.90 Å². The maximum absolute atomic E-state index is 13.1. The van der Waals surface area contributed by atoms with E-state index in [2.05, 4.69) is 25.9 Å². The minimum Gasteiger partial charge on any atom is -0.477 e. The molecule has 7 nitrogen and oxygen atoms in total. The molecule has 2 atom stereocenters. The zero-order chi connectivity index (χ0) is 22.9. The van der Waals surface area contributed by atoms with Crippen LogP contribution in [0.15, 0.2) is 24.4 Å². The number of anilines is 1. The molecule has 1 saturated heterocycles. The van der Waals surface area contributed by atoms with Crippen molar-refractivity contribution in [2.45, 2.75) is 64.4 Å². The van der Waals surface area contributed by atoms with Crippen LogP contribution in [0.2, 0.25) is 0 Å². The summed E-state index contributed by atoms with van der Waals surface area (Å²) < 4.78 is 51.8. The van der Waals surface area contributed by atoms with E-state index >= 15 is 0 Å². The third-order valence-corrected chi connectivity index (χ3v) is 6.84. The van der Waals surface area contributed by atoms with E-state index < -0.39 is 17.6 Å². The Balaban J connectivity index is 1.35. The normalized spacial score (nSPS) is 25.2. The monoisotopic (exact) mass is 450 g/mol. The van der Waals surface area contributed by atoms with Gasteiger partial charge in [0, 0.05) is 23.7 Å². The van der Waals surface area contributed by atoms with Crippen LogP contribution in [0.25, 0.3) is 5.82 Å². The van der Waals surface area contributed by atoms with Crippen molar-refractivity contribution in [3.8, 4) is 11.7 Å². The molecule has 0 bridgehead atoms. The quantitative estimate of drug-likeness (QED) is 0.625. The van der Waals surface area contributed by atoms with Crippen LogP contribution in [-0.4, -0.2) is 45.3 Å². The minimum absolute atomic E-state index is 0.0541. The lowest BCUT2D eigenvalue weighted by molar-refractivity contribution is -0.190. The summed E-state index contributed by atoms with van der Waals surface area (Å²) in [5.41, 5.74) is -1.43. The van der Waals surface area contributed by atoms with Crippen LogP contribution in [0.4, 0.5) is 19.0 Å². The Morgan fingerprint density at radius 2 is 2.00 bits per heavy atom. The first-order valence-electron chi connectivity index (χ1n) is 10.8. The molecule has 0 aromatic carbocycles. The van der Waals surface area contributed by atoms with Crippen molar-refractivity contribution >= 4 is 11.8 Å². The Hall–Kier alpha value is -2.78. The molecule has 1 aliphatic carbocycles. The highest BCUT2D eigenvalue weighted by atomic mass is 19.4. The molecule has 2 aliphatic heterocycles. The summed E-state index contributed by atoms with van der Waals surface area (Å²) in [7, 11) is 0. The van der Waals surface area contributed by atoms with Crippen molar-refractivity contribution < 1.29 is 27.4 Å². The van der Waals surface area contributed by atoms with Gasteiger partial charge in [0.25, 0.3) is 0 Å². The second-order valence-electron chi connectivity index (χ2n) is 9.68. The highest BCUT2D eigenvalue weighted by Crippen LogP contribution is 2.59. The van der Waals surface area contributed by atoms with Gasteiger partial charge in [0.2, 0.25) is 5.88 Å². The number of hydrogen-bond acceptors (Lipinski definition) is 6. The predicted molar refractivity (Wildman–Crippen MR) is 109 cm³/mol. The van der Waals surface area contributed by atoms with Crippen LogP contribution in [0.1, 0.15) is 56.8 Å². The molecule has 3 aliphatic rings. The zero-order valence-electron chi connectivity index (χ0n) is 18.1. The largest absolute Gasteiger partial charge is 0.477 e. The number of carbonyl (C=O) groups excluding carboxylic acids is 1. The van der Waals surface area contributed by atoms with Crippen molar-refractivity contribution in [1.29, 1.82) is 0 Å². The molecule has 1 saturated carbocycles. The lowest BCUT2D eigenvalue weighted by atomic mass is 9.97. The first-order valence-corrected chi connectivity index (χ1v) is 10.8. The molecule has 172 valence electrons. The predicted octanol–water partition coefficient (Wildman–Crippen LogP) is 4.50. The van der Waals surface area contributed by atoms with E-state index in [0.29, 0.717) is 17.2 Å². The van der Waals surface area contributed by atoms with Gasteiger partial charge in [-0.1, -0.05) is 6.92 Å². The van der Waals surface area contributed by atoms with Gasteiger partial charge in [-0.2, -0.15) is 13.2 Å². The highest BCUT2D eigenvalue weighted by Gasteiger charge is 2.62. The average molecular weight is 450 g/mol. The van der Waals surface area contributed by atoms with Crippen molar-refractivity contribution in [2.24, 2.45) is 11.3 Å². The molecule has 2 aromatic heterocycles. The number of alkyl halides is 3. The van der Waals surface area contributed by atoms with Gasteiger partial charge in [-0.15, -0.1) is 5.10 Å². The Morgan fingerprint density at radius 1 is 1.25 bits per heavy atom. The van der Waals surface area contributed by atoms with E-state index in [4.69, 9.17) is 14.5 Å². The molecule has 4 heterocycles. The molecule has 32 heavy (non-hydrogen) atoms. The summed E-state index contributed by atoms with van der Waals surface area (Å²) in [6.45, 7) is 6.18. The van der Waals surface area contributed by atoms with Crippen LogP contribution in [0.3, 0.4) is 0 Å². The van der Waals surface area contributed by atoms with Gasteiger partial charge in [-0.3, -0.25) is 0 Å². The number of nitrogens with zero attached hydrogens (tertiary/aromatic N) is 4. The zero-order valence-corrected chi connectivity index (χ0v) is 18.1. The molecular weight excluding hydrogens is 425 g/mol. The van der Waals surface area contributed by atoms with E-state index in [-0.39, 0.29) is 49.4 Å². The van der Waals surface area contributed by atoms with Crippen molar-refractivity contribution in [2.75, 3.05) is 11.5 Å². The molecule has 0 amide bonds. The van der Waals surface area contributed by atoms with Crippen molar-refractivity contribution in [3.05, 3.63) is 30.0 Å². The molecule has 5 rings (SSSR count). The lowest BCUT2D eigenvalue weighted by Gasteiger charge is -2.40. The van der Waals surface area contributed by atoms with Crippen LogP contribution in [-0.2, 0) is 4.74 Å². The fourth-order valence-electron chi connectivity index (χ4n) is 4.93. The maximum Gasteiger partial charge on any atom is 0.394 e. The van der Waals surface area contributed by atoms with Crippen LogP contribution >= 0.6 is 0 Å². The summed E-state index contributed by atoms with van der Waals surface area (Å²) >= 11 is 0. The number of carbonyl (C=O) groups is 1. The Kier molecular flexibility index (Phi) is 4.52. The molecule has 1 unspecified atom stereocenters. The van der Waals surface area contributed by atoms with Gasteiger partial charge in [-0.05, 0) is 51.7 Å².